The van der Waals surface area contributed by atoms with E-state index in [1.165, 1.54) is 5.56 Å². The van der Waals surface area contributed by atoms with Crippen molar-refractivity contribution in [1.29, 1.82) is 0 Å². The molecular formula is C31H43F3N6O. The van der Waals surface area contributed by atoms with Crippen LogP contribution in [0, 0.1) is 0 Å². The molecule has 7 nitrogen and oxygen atoms in total. The molecule has 3 aromatic rings. The number of unbranched alkanes of at least 4 members (excludes halogenated alkanes) is 1. The predicted octanol–water partition coefficient (Wildman–Crippen LogP) is 6.24. The van der Waals surface area contributed by atoms with Gasteiger partial charge in [0, 0.05) is 74.6 Å². The van der Waals surface area contributed by atoms with Crippen LogP contribution in [-0.4, -0.2) is 81.0 Å². The van der Waals surface area contributed by atoms with E-state index < -0.39 is 12.6 Å². The van der Waals surface area contributed by atoms with Crippen molar-refractivity contribution in [2.75, 3.05) is 38.5 Å². The van der Waals surface area contributed by atoms with Crippen LogP contribution in [0.5, 0.6) is 0 Å². The van der Waals surface area contributed by atoms with Gasteiger partial charge in [0.15, 0.2) is 0 Å². The van der Waals surface area contributed by atoms with Gasteiger partial charge in [0.05, 0.1) is 6.10 Å². The lowest BCUT2D eigenvalue weighted by molar-refractivity contribution is -0.135. The second kappa shape index (κ2) is 13.1. The summed E-state index contributed by atoms with van der Waals surface area (Å²) in [7, 11) is 2.17. The summed E-state index contributed by atoms with van der Waals surface area (Å²) in [4.78, 5) is 14.4. The average Bonchev–Trinajstić information content (AvgIpc) is 3.31. The lowest BCUT2D eigenvalue weighted by atomic mass is 9.93. The van der Waals surface area contributed by atoms with E-state index in [1.807, 2.05) is 13.1 Å². The highest BCUT2D eigenvalue weighted by molar-refractivity contribution is 5.94. The zero-order valence-electron chi connectivity index (χ0n) is 24.2. The molecule has 2 aliphatic rings. The molecule has 1 saturated carbocycles. The lowest BCUT2D eigenvalue weighted by Crippen LogP contribution is -2.43. The Morgan fingerprint density at radius 2 is 1.73 bits per heavy atom. The minimum Gasteiger partial charge on any atom is -0.393 e. The quantitative estimate of drug-likeness (QED) is 0.280. The standard InChI is InChI=1S/C31H43F3N6O/c1-22(5-3-4-14-31(32,33)34)36-30-35-19-27-28(21-40(29(27)37-30)25-10-12-26(41)13-11-25)24-8-6-23(7-9-24)20-39-17-15-38(2)16-18-39/h6-9,19,21-22,25-26,41H,3-5,10-18,20H2,1-2H3,(H,35,36,37)/t22-,25?,26?/m1/s1. The second-order valence-electron chi connectivity index (χ2n) is 12.0. The Labute approximate surface area is 240 Å². The summed E-state index contributed by atoms with van der Waals surface area (Å²) in [5, 5.41) is 14.4. The maximum Gasteiger partial charge on any atom is 0.389 e. The van der Waals surface area contributed by atoms with Crippen LogP contribution < -0.4 is 5.32 Å². The van der Waals surface area contributed by atoms with Crippen LogP contribution in [0.25, 0.3) is 22.2 Å². The third kappa shape index (κ3) is 7.99. The molecule has 1 aliphatic heterocycles. The Bertz CT molecular complexity index is 1260. The van der Waals surface area contributed by atoms with Crippen molar-refractivity contribution in [3.63, 3.8) is 0 Å². The number of hydrogen-bond acceptors (Lipinski definition) is 6. The Hall–Kier alpha value is -2.69. The summed E-state index contributed by atoms with van der Waals surface area (Å²) in [6.07, 6.45) is 3.50. The van der Waals surface area contributed by atoms with Crippen LogP contribution in [0.15, 0.2) is 36.7 Å². The number of alkyl halides is 3. The number of hydrogen-bond donors (Lipinski definition) is 2. The van der Waals surface area contributed by atoms with Gasteiger partial charge in [-0.2, -0.15) is 18.2 Å². The molecule has 1 aromatic carbocycles. The molecule has 1 atom stereocenters. The maximum atomic E-state index is 12.5. The van der Waals surface area contributed by atoms with Crippen molar-refractivity contribution in [2.45, 2.75) is 89.2 Å². The normalized spacial score (nSPS) is 21.8. The van der Waals surface area contributed by atoms with Crippen LogP contribution >= 0.6 is 0 Å². The first kappa shape index (κ1) is 29.8. The van der Waals surface area contributed by atoms with Crippen molar-refractivity contribution in [3.8, 4) is 11.1 Å². The van der Waals surface area contributed by atoms with Crippen LogP contribution in [0.2, 0.25) is 0 Å². The van der Waals surface area contributed by atoms with Crippen molar-refractivity contribution in [2.24, 2.45) is 0 Å². The highest BCUT2D eigenvalue weighted by atomic mass is 19.4. The molecule has 3 heterocycles. The first-order valence-corrected chi connectivity index (χ1v) is 15.0. The van der Waals surface area contributed by atoms with E-state index in [0.717, 1.165) is 80.6 Å². The number of likely N-dealkylation sites (N-methyl/N-ethyl adjacent to an activating group) is 1. The Morgan fingerprint density at radius 1 is 1.02 bits per heavy atom. The Balaban J connectivity index is 1.34. The number of nitrogens with zero attached hydrogens (tertiary/aromatic N) is 5. The minimum absolute atomic E-state index is 0.0405. The zero-order valence-corrected chi connectivity index (χ0v) is 24.2. The molecule has 0 bridgehead atoms. The molecule has 41 heavy (non-hydrogen) atoms. The lowest BCUT2D eigenvalue weighted by Gasteiger charge is -2.32. The summed E-state index contributed by atoms with van der Waals surface area (Å²) < 4.78 is 39.7. The van der Waals surface area contributed by atoms with Crippen molar-refractivity contribution < 1.29 is 18.3 Å². The Kier molecular flexibility index (Phi) is 9.51. The van der Waals surface area contributed by atoms with E-state index in [1.54, 1.807) is 0 Å². The number of fused-ring (bicyclic) bond motifs is 1. The highest BCUT2D eigenvalue weighted by Crippen LogP contribution is 2.37. The number of aliphatic hydroxyl groups is 1. The van der Waals surface area contributed by atoms with Crippen LogP contribution in [-0.2, 0) is 6.54 Å². The number of aliphatic hydroxyl groups excluding tert-OH is 1. The molecule has 0 radical (unpaired) electrons. The Morgan fingerprint density at radius 3 is 2.41 bits per heavy atom. The molecule has 5 rings (SSSR count). The number of piperazine rings is 1. The van der Waals surface area contributed by atoms with Crippen molar-refractivity contribution in [1.82, 2.24) is 24.3 Å². The van der Waals surface area contributed by atoms with Gasteiger partial charge < -0.3 is 19.9 Å². The topological polar surface area (TPSA) is 69.5 Å². The number of aromatic nitrogens is 3. The van der Waals surface area contributed by atoms with Crippen molar-refractivity contribution >= 4 is 17.0 Å². The van der Waals surface area contributed by atoms with Crippen molar-refractivity contribution in [3.05, 3.63) is 42.2 Å². The maximum absolute atomic E-state index is 12.5. The fraction of sp³-hybridized carbons (Fsp3) is 0.613. The molecule has 1 aliphatic carbocycles. The van der Waals surface area contributed by atoms with Gasteiger partial charge in [-0.1, -0.05) is 30.7 Å². The highest BCUT2D eigenvalue weighted by Gasteiger charge is 2.26. The third-order valence-electron chi connectivity index (χ3n) is 8.62. The van der Waals surface area contributed by atoms with Gasteiger partial charge in [0.2, 0.25) is 5.95 Å². The predicted molar refractivity (Wildman–Crippen MR) is 157 cm³/mol. The minimum atomic E-state index is -4.10. The van der Waals surface area contributed by atoms with Gasteiger partial charge in [-0.05, 0) is 63.6 Å². The molecule has 224 valence electrons. The summed E-state index contributed by atoms with van der Waals surface area (Å²) in [6.45, 7) is 7.28. The fourth-order valence-electron chi connectivity index (χ4n) is 6.07. The second-order valence-corrected chi connectivity index (χ2v) is 12.0. The first-order chi connectivity index (χ1) is 19.6. The van der Waals surface area contributed by atoms with E-state index >= 15 is 0 Å². The first-order valence-electron chi connectivity index (χ1n) is 15.0. The van der Waals surface area contributed by atoms with Crippen LogP contribution in [0.3, 0.4) is 0 Å². The molecule has 2 fully saturated rings. The van der Waals surface area contributed by atoms with E-state index in [-0.39, 0.29) is 24.6 Å². The monoisotopic (exact) mass is 572 g/mol. The number of halogens is 3. The number of rotatable bonds is 10. The number of benzene rings is 1. The largest absolute Gasteiger partial charge is 0.393 e. The van der Waals surface area contributed by atoms with Gasteiger partial charge in [-0.25, -0.2) is 4.98 Å². The number of nitrogens with one attached hydrogen (secondary N) is 1. The molecule has 2 N–H and O–H groups in total. The van der Waals surface area contributed by atoms with Gasteiger partial charge in [0.1, 0.15) is 5.65 Å². The van der Waals surface area contributed by atoms with E-state index in [4.69, 9.17) is 4.98 Å². The van der Waals surface area contributed by atoms with E-state index in [2.05, 4.69) is 62.2 Å². The third-order valence-corrected chi connectivity index (χ3v) is 8.62. The summed E-state index contributed by atoms with van der Waals surface area (Å²) in [5.74, 6) is 0.491. The molecular weight excluding hydrogens is 529 g/mol. The van der Waals surface area contributed by atoms with E-state index in [0.29, 0.717) is 18.8 Å². The van der Waals surface area contributed by atoms with Gasteiger partial charge in [-0.15, -0.1) is 0 Å². The molecule has 2 aromatic heterocycles. The average molecular weight is 573 g/mol. The summed E-state index contributed by atoms with van der Waals surface area (Å²) >= 11 is 0. The summed E-state index contributed by atoms with van der Waals surface area (Å²) in [5.41, 5.74) is 4.36. The van der Waals surface area contributed by atoms with Gasteiger partial charge >= 0.3 is 6.18 Å². The smallest absolute Gasteiger partial charge is 0.389 e. The summed E-state index contributed by atoms with van der Waals surface area (Å²) in [6, 6.07) is 9.00. The van der Waals surface area contributed by atoms with Gasteiger partial charge in [0.25, 0.3) is 0 Å². The van der Waals surface area contributed by atoms with Crippen LogP contribution in [0.4, 0.5) is 19.1 Å². The number of anilines is 1. The molecule has 10 heteroatoms. The molecule has 0 amide bonds. The van der Waals surface area contributed by atoms with E-state index in [9.17, 15) is 18.3 Å². The zero-order chi connectivity index (χ0) is 29.0. The SMILES string of the molecule is C[C@H](CCCCC(F)(F)F)Nc1ncc2c(-c3ccc(CN4CCN(C)CC4)cc3)cn(C3CCC(O)CC3)c2n1. The van der Waals surface area contributed by atoms with Gasteiger partial charge in [-0.3, -0.25) is 4.90 Å². The molecule has 1 saturated heterocycles. The molecule has 0 spiro atoms. The fourth-order valence-corrected chi connectivity index (χ4v) is 6.07. The molecule has 0 unspecified atom stereocenters. The van der Waals surface area contributed by atoms with Crippen LogP contribution in [0.1, 0.15) is 69.9 Å².